The predicted octanol–water partition coefficient (Wildman–Crippen LogP) is -1.13. The summed E-state index contributed by atoms with van der Waals surface area (Å²) in [6.45, 7) is 0.430. The number of rotatable bonds is 3. The molecule has 1 N–H and O–H groups in total. The minimum Gasteiger partial charge on any atom is -0.460 e. The van der Waals surface area contributed by atoms with Crippen molar-refractivity contribution in [1.29, 1.82) is 0 Å². The molecule has 0 radical (unpaired) electrons. The average molecular weight is 128 g/mol. The molecule has 0 spiro atoms. The van der Waals surface area contributed by atoms with Crippen LogP contribution in [0.25, 0.3) is 0 Å². The number of aromatic amines is 1. The predicted molar refractivity (Wildman–Crippen MR) is 25.0 cm³/mol. The van der Waals surface area contributed by atoms with E-state index in [1.807, 2.05) is 0 Å². The zero-order chi connectivity index (χ0) is 6.53. The van der Waals surface area contributed by atoms with Gasteiger partial charge in [0.05, 0.1) is 0 Å². The first-order chi connectivity index (χ1) is 4.43. The van der Waals surface area contributed by atoms with Gasteiger partial charge >= 0.3 is 0 Å². The van der Waals surface area contributed by atoms with E-state index in [1.165, 1.54) is 0 Å². The van der Waals surface area contributed by atoms with Crippen molar-refractivity contribution in [3.8, 4) is 0 Å². The summed E-state index contributed by atoms with van der Waals surface area (Å²) in [4.78, 5) is 9.60. The van der Waals surface area contributed by atoms with Crippen molar-refractivity contribution in [2.75, 3.05) is 0 Å². The minimum atomic E-state index is 0.0937. The van der Waals surface area contributed by atoms with Crippen LogP contribution in [0, 0.1) is 0 Å². The van der Waals surface area contributed by atoms with Gasteiger partial charge in [-0.2, -0.15) is 0 Å². The topological polar surface area (TPSA) is 80.8 Å². The first-order valence-electron chi connectivity index (χ1n) is 2.21. The first kappa shape index (κ1) is 5.67. The second-order valence-electron chi connectivity index (χ2n) is 1.26. The van der Waals surface area contributed by atoms with Crippen LogP contribution >= 0.6 is 0 Å². The molecule has 6 nitrogen and oxygen atoms in total. The number of carbonyl (C=O) groups excluding carboxylic acids is 1. The second-order valence-corrected chi connectivity index (χ2v) is 1.26. The average Bonchev–Trinajstić information content (AvgIpc) is 2.34. The summed E-state index contributed by atoms with van der Waals surface area (Å²) >= 11 is 0. The van der Waals surface area contributed by atoms with Crippen LogP contribution in [-0.2, 0) is 16.1 Å². The van der Waals surface area contributed by atoms with E-state index in [-0.39, 0.29) is 6.61 Å². The highest BCUT2D eigenvalue weighted by Gasteiger charge is 1.93. The van der Waals surface area contributed by atoms with Crippen molar-refractivity contribution >= 4 is 6.47 Å². The van der Waals surface area contributed by atoms with E-state index in [0.717, 1.165) is 0 Å². The molecule has 0 aliphatic heterocycles. The lowest BCUT2D eigenvalue weighted by molar-refractivity contribution is -0.130. The Kier molecular flexibility index (Phi) is 1.73. The molecule has 0 atom stereocenters. The van der Waals surface area contributed by atoms with E-state index in [1.54, 1.807) is 0 Å². The monoisotopic (exact) mass is 128 g/mol. The molecule has 0 fully saturated rings. The fourth-order valence-corrected chi connectivity index (χ4v) is 0.353. The minimum absolute atomic E-state index is 0.0937. The molecule has 0 aliphatic carbocycles. The van der Waals surface area contributed by atoms with Crippen LogP contribution in [0.2, 0.25) is 0 Å². The van der Waals surface area contributed by atoms with Gasteiger partial charge in [-0.25, -0.2) is 5.10 Å². The molecule has 0 aromatic carbocycles. The van der Waals surface area contributed by atoms with Crippen LogP contribution in [-0.4, -0.2) is 27.1 Å². The smallest absolute Gasteiger partial charge is 0.293 e. The van der Waals surface area contributed by atoms with Gasteiger partial charge in [-0.1, -0.05) is 0 Å². The van der Waals surface area contributed by atoms with Gasteiger partial charge < -0.3 is 4.74 Å². The summed E-state index contributed by atoms with van der Waals surface area (Å²) in [5.74, 6) is 0.433. The van der Waals surface area contributed by atoms with Crippen molar-refractivity contribution in [2.45, 2.75) is 6.61 Å². The van der Waals surface area contributed by atoms with E-state index >= 15 is 0 Å². The molecule has 0 aliphatic rings. The lowest BCUT2D eigenvalue weighted by Crippen LogP contribution is -1.92. The Labute approximate surface area is 50.2 Å². The zero-order valence-corrected chi connectivity index (χ0v) is 4.44. The summed E-state index contributed by atoms with van der Waals surface area (Å²) in [6.07, 6.45) is 0. The second kappa shape index (κ2) is 2.75. The number of nitrogens with one attached hydrogen (secondary N) is 1. The summed E-state index contributed by atoms with van der Waals surface area (Å²) in [5, 5.41) is 12.4. The molecule has 1 aromatic heterocycles. The largest absolute Gasteiger partial charge is 0.460 e. The number of nitrogens with zero attached hydrogens (tertiary/aromatic N) is 3. The maximum absolute atomic E-state index is 9.60. The maximum Gasteiger partial charge on any atom is 0.293 e. The van der Waals surface area contributed by atoms with E-state index in [0.29, 0.717) is 12.3 Å². The van der Waals surface area contributed by atoms with Gasteiger partial charge in [-0.15, -0.1) is 5.10 Å². The maximum atomic E-state index is 9.60. The summed E-state index contributed by atoms with van der Waals surface area (Å²) in [7, 11) is 0. The lowest BCUT2D eigenvalue weighted by atomic mass is 10.7. The quantitative estimate of drug-likeness (QED) is 0.521. The Morgan fingerprint density at radius 3 is 3.22 bits per heavy atom. The molecule has 0 saturated carbocycles. The standard InChI is InChI=1S/C3H4N4O2/c8-2-9-1-3-4-6-7-5-3/h2H,1H2,(H,4,5,6,7). The highest BCUT2D eigenvalue weighted by Crippen LogP contribution is 1.83. The van der Waals surface area contributed by atoms with Crippen LogP contribution < -0.4 is 0 Å². The van der Waals surface area contributed by atoms with Crippen molar-refractivity contribution in [2.24, 2.45) is 0 Å². The van der Waals surface area contributed by atoms with Gasteiger partial charge in [0.25, 0.3) is 6.47 Å². The van der Waals surface area contributed by atoms with E-state index < -0.39 is 0 Å². The Bertz CT molecular complexity index is 172. The number of aromatic nitrogens is 4. The molecule has 1 aromatic rings. The van der Waals surface area contributed by atoms with Crippen LogP contribution in [0.5, 0.6) is 0 Å². The fraction of sp³-hybridized carbons (Fsp3) is 0.333. The zero-order valence-electron chi connectivity index (χ0n) is 4.44. The molecular formula is C3H4N4O2. The normalized spacial score (nSPS) is 8.89. The Morgan fingerprint density at radius 1 is 1.78 bits per heavy atom. The van der Waals surface area contributed by atoms with E-state index in [4.69, 9.17) is 0 Å². The van der Waals surface area contributed by atoms with Gasteiger partial charge in [-0.3, -0.25) is 4.79 Å². The molecule has 48 valence electrons. The fourth-order valence-electron chi connectivity index (χ4n) is 0.353. The number of tetrazole rings is 1. The molecule has 9 heavy (non-hydrogen) atoms. The van der Waals surface area contributed by atoms with Gasteiger partial charge in [0.1, 0.15) is 0 Å². The molecule has 1 heterocycles. The Hall–Kier alpha value is -1.46. The number of hydrogen-bond acceptors (Lipinski definition) is 5. The van der Waals surface area contributed by atoms with Gasteiger partial charge in [0.15, 0.2) is 12.4 Å². The summed E-state index contributed by atoms with van der Waals surface area (Å²) < 4.78 is 4.32. The third-order valence-corrected chi connectivity index (χ3v) is 0.677. The molecule has 0 amide bonds. The molecule has 0 bridgehead atoms. The van der Waals surface area contributed by atoms with Crippen molar-refractivity contribution in [3.63, 3.8) is 0 Å². The highest BCUT2D eigenvalue weighted by atomic mass is 16.5. The van der Waals surface area contributed by atoms with Crippen molar-refractivity contribution in [1.82, 2.24) is 20.6 Å². The van der Waals surface area contributed by atoms with Crippen molar-refractivity contribution in [3.05, 3.63) is 5.82 Å². The molecular weight excluding hydrogens is 124 g/mol. The summed E-state index contributed by atoms with van der Waals surface area (Å²) in [5.41, 5.74) is 0. The third kappa shape index (κ3) is 1.48. The molecule has 0 unspecified atom stereocenters. The van der Waals surface area contributed by atoms with Crippen LogP contribution in [0.15, 0.2) is 0 Å². The van der Waals surface area contributed by atoms with Gasteiger partial charge in [-0.05, 0) is 10.4 Å². The highest BCUT2D eigenvalue weighted by molar-refractivity contribution is 5.36. The van der Waals surface area contributed by atoms with Crippen LogP contribution in [0.1, 0.15) is 5.82 Å². The van der Waals surface area contributed by atoms with Crippen LogP contribution in [0.4, 0.5) is 0 Å². The summed E-state index contributed by atoms with van der Waals surface area (Å²) in [6, 6.07) is 0. The molecule has 1 rings (SSSR count). The van der Waals surface area contributed by atoms with Gasteiger partial charge in [0.2, 0.25) is 0 Å². The Balaban J connectivity index is 2.38. The molecule has 0 saturated heterocycles. The first-order valence-corrected chi connectivity index (χ1v) is 2.21. The van der Waals surface area contributed by atoms with E-state index in [2.05, 4.69) is 25.4 Å². The third-order valence-electron chi connectivity index (χ3n) is 0.677. The lowest BCUT2D eigenvalue weighted by Gasteiger charge is -1.87. The Morgan fingerprint density at radius 2 is 2.67 bits per heavy atom. The van der Waals surface area contributed by atoms with E-state index in [9.17, 15) is 4.79 Å². The number of hydrogen-bond donors (Lipinski definition) is 1. The SMILES string of the molecule is O=COCc1nnn[nH]1. The number of H-pyrrole nitrogens is 1. The number of ether oxygens (including phenoxy) is 1. The van der Waals surface area contributed by atoms with Crippen molar-refractivity contribution < 1.29 is 9.53 Å². The van der Waals surface area contributed by atoms with Gasteiger partial charge in [0, 0.05) is 0 Å². The molecule has 6 heteroatoms. The van der Waals surface area contributed by atoms with Crippen LogP contribution in [0.3, 0.4) is 0 Å². The number of carbonyl (C=O) groups is 1.